The van der Waals surface area contributed by atoms with E-state index in [1.165, 1.54) is 12.1 Å². The molecule has 0 spiro atoms. The number of nitrogens with one attached hydrogen (secondary N) is 1. The highest BCUT2D eigenvalue weighted by atomic mass is 16.5. The number of hydrogen-bond acceptors (Lipinski definition) is 7. The first kappa shape index (κ1) is 24.5. The molecule has 1 aliphatic heterocycles. The third-order valence-electron chi connectivity index (χ3n) is 5.65. The molecule has 0 bridgehead atoms. The van der Waals surface area contributed by atoms with Crippen LogP contribution in [-0.4, -0.2) is 51.1 Å². The van der Waals surface area contributed by atoms with Crippen LogP contribution in [0.5, 0.6) is 11.5 Å². The van der Waals surface area contributed by atoms with Gasteiger partial charge >= 0.3 is 5.97 Å². The number of hydrogen-bond donors (Lipinski definition) is 1. The van der Waals surface area contributed by atoms with Crippen LogP contribution in [0.2, 0.25) is 0 Å². The van der Waals surface area contributed by atoms with Crippen molar-refractivity contribution in [1.82, 2.24) is 5.32 Å². The second kappa shape index (κ2) is 10.7. The predicted molar refractivity (Wildman–Crippen MR) is 131 cm³/mol. The van der Waals surface area contributed by atoms with E-state index < -0.39 is 30.3 Å². The van der Waals surface area contributed by atoms with Crippen molar-refractivity contribution in [3.63, 3.8) is 0 Å². The number of nitrogens with zero attached hydrogens (tertiary/aromatic N) is 1. The van der Waals surface area contributed by atoms with Crippen LogP contribution in [0.25, 0.3) is 0 Å². The van der Waals surface area contributed by atoms with Crippen molar-refractivity contribution in [3.8, 4) is 11.5 Å². The first-order chi connectivity index (χ1) is 17.4. The standard InChI is InChI=1S/C27H24N2O7/c1-34-22-11-10-17(14-23(22)35-2)12-13-28-24(30)16-36-27(33)18-6-5-7-19(15-18)29-25(31)20-8-3-4-9-21(20)26(29)32/h3-11,14-15H,12-13,16H2,1-2H3,(H,28,30). The highest BCUT2D eigenvalue weighted by Gasteiger charge is 2.36. The molecule has 1 aliphatic rings. The van der Waals surface area contributed by atoms with Crippen molar-refractivity contribution >= 4 is 29.4 Å². The number of fused-ring (bicyclic) bond motifs is 1. The Labute approximate surface area is 207 Å². The fourth-order valence-corrected chi connectivity index (χ4v) is 3.84. The van der Waals surface area contributed by atoms with Crippen LogP contribution in [0, 0.1) is 0 Å². The van der Waals surface area contributed by atoms with E-state index in [2.05, 4.69) is 5.32 Å². The maximum absolute atomic E-state index is 12.7. The molecule has 3 aromatic carbocycles. The Kier molecular flexibility index (Phi) is 7.29. The number of imide groups is 1. The fourth-order valence-electron chi connectivity index (χ4n) is 3.84. The highest BCUT2D eigenvalue weighted by molar-refractivity contribution is 6.34. The molecule has 1 N–H and O–H groups in total. The topological polar surface area (TPSA) is 111 Å². The second-order valence-corrected chi connectivity index (χ2v) is 7.91. The molecule has 1 heterocycles. The smallest absolute Gasteiger partial charge is 0.338 e. The fraction of sp³-hybridized carbons (Fsp3) is 0.185. The second-order valence-electron chi connectivity index (χ2n) is 7.91. The maximum Gasteiger partial charge on any atom is 0.338 e. The molecule has 4 rings (SSSR count). The molecular weight excluding hydrogens is 464 g/mol. The number of carbonyl (C=O) groups excluding carboxylic acids is 4. The van der Waals surface area contributed by atoms with Gasteiger partial charge in [0.1, 0.15) is 0 Å². The minimum absolute atomic E-state index is 0.113. The van der Waals surface area contributed by atoms with Gasteiger partial charge in [-0.3, -0.25) is 14.4 Å². The van der Waals surface area contributed by atoms with E-state index >= 15 is 0 Å². The molecular formula is C27H24N2O7. The van der Waals surface area contributed by atoms with Gasteiger partial charge in [0.05, 0.1) is 36.6 Å². The third kappa shape index (κ3) is 5.05. The van der Waals surface area contributed by atoms with Gasteiger partial charge in [0.2, 0.25) is 0 Å². The molecule has 0 saturated carbocycles. The number of carbonyl (C=O) groups is 4. The number of benzene rings is 3. The molecule has 0 aromatic heterocycles. The summed E-state index contributed by atoms with van der Waals surface area (Å²) in [5.41, 5.74) is 1.91. The molecule has 9 nitrogen and oxygen atoms in total. The number of ether oxygens (including phenoxy) is 3. The lowest BCUT2D eigenvalue weighted by Gasteiger charge is -2.15. The minimum atomic E-state index is -0.747. The Balaban J connectivity index is 1.31. The molecule has 3 aromatic rings. The highest BCUT2D eigenvalue weighted by Crippen LogP contribution is 2.29. The van der Waals surface area contributed by atoms with Crippen molar-refractivity contribution in [1.29, 1.82) is 0 Å². The lowest BCUT2D eigenvalue weighted by atomic mass is 10.1. The van der Waals surface area contributed by atoms with E-state index in [1.54, 1.807) is 56.7 Å². The van der Waals surface area contributed by atoms with E-state index in [-0.39, 0.29) is 11.3 Å². The van der Waals surface area contributed by atoms with Gasteiger partial charge in [-0.05, 0) is 54.4 Å². The molecule has 0 radical (unpaired) electrons. The van der Waals surface area contributed by atoms with Crippen LogP contribution in [0.3, 0.4) is 0 Å². The van der Waals surface area contributed by atoms with Gasteiger partial charge in [0.25, 0.3) is 17.7 Å². The van der Waals surface area contributed by atoms with E-state index in [9.17, 15) is 19.2 Å². The average Bonchev–Trinajstić information content (AvgIpc) is 3.16. The van der Waals surface area contributed by atoms with E-state index in [0.717, 1.165) is 10.5 Å². The van der Waals surface area contributed by atoms with Gasteiger partial charge in [-0.1, -0.05) is 24.3 Å². The zero-order chi connectivity index (χ0) is 25.7. The van der Waals surface area contributed by atoms with Gasteiger partial charge in [0.15, 0.2) is 18.1 Å². The van der Waals surface area contributed by atoms with E-state index in [4.69, 9.17) is 14.2 Å². The first-order valence-corrected chi connectivity index (χ1v) is 11.2. The van der Waals surface area contributed by atoms with Crippen LogP contribution in [0.15, 0.2) is 66.7 Å². The molecule has 0 saturated heterocycles. The maximum atomic E-state index is 12.7. The molecule has 0 atom stereocenters. The Bertz CT molecular complexity index is 1300. The van der Waals surface area contributed by atoms with Crippen molar-refractivity contribution in [3.05, 3.63) is 89.0 Å². The number of anilines is 1. The Morgan fingerprint density at radius 1 is 0.833 bits per heavy atom. The van der Waals surface area contributed by atoms with Gasteiger partial charge in [-0.25, -0.2) is 9.69 Å². The molecule has 0 aliphatic carbocycles. The average molecular weight is 488 g/mol. The summed E-state index contributed by atoms with van der Waals surface area (Å²) in [7, 11) is 3.10. The Hall–Kier alpha value is -4.66. The van der Waals surface area contributed by atoms with Gasteiger partial charge < -0.3 is 19.5 Å². The molecule has 3 amide bonds. The van der Waals surface area contributed by atoms with Crippen LogP contribution >= 0.6 is 0 Å². The molecule has 0 fully saturated rings. The summed E-state index contributed by atoms with van der Waals surface area (Å²) in [6.45, 7) is -0.136. The van der Waals surface area contributed by atoms with Crippen LogP contribution < -0.4 is 19.7 Å². The largest absolute Gasteiger partial charge is 0.493 e. The van der Waals surface area contributed by atoms with E-state index in [0.29, 0.717) is 35.6 Å². The quantitative estimate of drug-likeness (QED) is 0.364. The lowest BCUT2D eigenvalue weighted by Crippen LogP contribution is -2.31. The number of esters is 1. The normalized spacial score (nSPS) is 12.2. The minimum Gasteiger partial charge on any atom is -0.493 e. The van der Waals surface area contributed by atoms with Crippen molar-refractivity contribution in [2.24, 2.45) is 0 Å². The van der Waals surface area contributed by atoms with Crippen molar-refractivity contribution < 1.29 is 33.4 Å². The monoisotopic (exact) mass is 488 g/mol. The summed E-state index contributed by atoms with van der Waals surface area (Å²) in [6.07, 6.45) is 0.544. The van der Waals surface area contributed by atoms with Crippen molar-refractivity contribution in [2.45, 2.75) is 6.42 Å². The molecule has 9 heteroatoms. The Morgan fingerprint density at radius 2 is 1.53 bits per heavy atom. The van der Waals surface area contributed by atoms with Crippen LogP contribution in [0.1, 0.15) is 36.6 Å². The summed E-state index contributed by atoms with van der Waals surface area (Å²) in [4.78, 5) is 51.1. The van der Waals surface area contributed by atoms with Crippen LogP contribution in [0.4, 0.5) is 5.69 Å². The number of methoxy groups -OCH3 is 2. The number of rotatable bonds is 9. The van der Waals surface area contributed by atoms with Crippen LogP contribution in [-0.2, 0) is 16.0 Å². The summed E-state index contributed by atoms with van der Waals surface area (Å²) < 4.78 is 15.6. The zero-order valence-corrected chi connectivity index (χ0v) is 19.8. The summed E-state index contributed by atoms with van der Waals surface area (Å²) in [5.74, 6) is -0.920. The zero-order valence-electron chi connectivity index (χ0n) is 19.8. The molecule has 184 valence electrons. The summed E-state index contributed by atoms with van der Waals surface area (Å²) >= 11 is 0. The van der Waals surface area contributed by atoms with E-state index in [1.807, 2.05) is 12.1 Å². The van der Waals surface area contributed by atoms with Gasteiger partial charge in [-0.2, -0.15) is 0 Å². The molecule has 36 heavy (non-hydrogen) atoms. The lowest BCUT2D eigenvalue weighted by molar-refractivity contribution is -0.124. The molecule has 0 unspecified atom stereocenters. The summed E-state index contributed by atoms with van der Waals surface area (Å²) in [5, 5.41) is 2.70. The van der Waals surface area contributed by atoms with Gasteiger partial charge in [-0.15, -0.1) is 0 Å². The van der Waals surface area contributed by atoms with Gasteiger partial charge in [0, 0.05) is 6.54 Å². The Morgan fingerprint density at radius 3 is 2.19 bits per heavy atom. The third-order valence-corrected chi connectivity index (χ3v) is 5.65. The predicted octanol–water partition coefficient (Wildman–Crippen LogP) is 3.02. The number of amides is 3. The summed E-state index contributed by atoms with van der Waals surface area (Å²) in [6, 6.07) is 18.0. The van der Waals surface area contributed by atoms with Crippen molar-refractivity contribution in [2.75, 3.05) is 32.3 Å². The SMILES string of the molecule is COc1ccc(CCNC(=O)COC(=O)c2cccc(N3C(=O)c4ccccc4C3=O)c2)cc1OC. The first-order valence-electron chi connectivity index (χ1n) is 11.2.